The van der Waals surface area contributed by atoms with Crippen molar-refractivity contribution >= 4 is 19.4 Å². The Morgan fingerprint density at radius 1 is 1.00 bits per heavy atom. The third kappa shape index (κ3) is 10.3. The van der Waals surface area contributed by atoms with E-state index in [2.05, 4.69) is 0 Å². The van der Waals surface area contributed by atoms with E-state index in [1.807, 2.05) is 0 Å². The SMILES string of the molecule is [B].[Co].[Cr].[SiH4]. The first-order valence-electron chi connectivity index (χ1n) is 0. The van der Waals surface area contributed by atoms with Gasteiger partial charge in [-0.1, -0.05) is 0 Å². The molecular formula is H4BCoCrSi. The zero-order valence-corrected chi connectivity index (χ0v) is 3.63. The Bertz CT molecular complexity index is 8.00. The fourth-order valence-corrected chi connectivity index (χ4v) is 0. The first kappa shape index (κ1) is 56.9. The van der Waals surface area contributed by atoms with E-state index in [4.69, 9.17) is 0 Å². The van der Waals surface area contributed by atoms with Gasteiger partial charge >= 0.3 is 0 Å². The van der Waals surface area contributed by atoms with Crippen LogP contribution in [0.2, 0.25) is 0 Å². The van der Waals surface area contributed by atoms with Crippen molar-refractivity contribution in [2.45, 2.75) is 0 Å². The molecule has 0 bridgehead atoms. The van der Waals surface area contributed by atoms with Crippen molar-refractivity contribution in [3.63, 3.8) is 0 Å². The fourth-order valence-electron chi connectivity index (χ4n) is 0. The minimum absolute atomic E-state index is 0. The van der Waals surface area contributed by atoms with E-state index >= 15 is 0 Å². The molecule has 0 fully saturated rings. The van der Waals surface area contributed by atoms with E-state index in [0.717, 1.165) is 0 Å². The third-order valence-corrected chi connectivity index (χ3v) is 0. The van der Waals surface area contributed by atoms with Gasteiger partial charge in [-0.05, 0) is 11.0 Å². The molecule has 0 N–H and O–H groups in total. The summed E-state index contributed by atoms with van der Waals surface area (Å²) in [6, 6.07) is 0. The van der Waals surface area contributed by atoms with Gasteiger partial charge in [0, 0.05) is 42.6 Å². The summed E-state index contributed by atoms with van der Waals surface area (Å²) >= 11 is 0. The van der Waals surface area contributed by atoms with E-state index in [1.54, 1.807) is 0 Å². The summed E-state index contributed by atoms with van der Waals surface area (Å²) in [6.45, 7) is 0. The summed E-state index contributed by atoms with van der Waals surface area (Å²) in [6.07, 6.45) is 0. The molecule has 0 atom stereocenters. The van der Waals surface area contributed by atoms with Crippen LogP contribution >= 0.6 is 0 Å². The fraction of sp³-hybridized carbons (Fsp3) is 0. The van der Waals surface area contributed by atoms with Crippen molar-refractivity contribution in [3.05, 3.63) is 0 Å². The predicted molar refractivity (Wildman–Crippen MR) is 17.1 cm³/mol. The molecule has 0 aromatic rings. The first-order valence-corrected chi connectivity index (χ1v) is 0. The molecule has 4 radical (unpaired) electrons. The van der Waals surface area contributed by atoms with E-state index in [-0.39, 0.29) is 53.5 Å². The molecule has 0 aliphatic carbocycles. The Labute approximate surface area is 53.7 Å². The minimum atomic E-state index is 0. The summed E-state index contributed by atoms with van der Waals surface area (Å²) in [7, 11) is 0. The molecule has 0 saturated carbocycles. The Kier molecular flexibility index (Phi) is 389. The van der Waals surface area contributed by atoms with Crippen LogP contribution in [0.4, 0.5) is 0 Å². The van der Waals surface area contributed by atoms with Gasteiger partial charge in [0.2, 0.25) is 0 Å². The minimum Gasteiger partial charge on any atom is -0.0149 e. The molecule has 0 amide bonds. The molecule has 0 aliphatic rings. The van der Waals surface area contributed by atoms with Crippen molar-refractivity contribution in [1.82, 2.24) is 0 Å². The average molecular weight is 154 g/mol. The summed E-state index contributed by atoms with van der Waals surface area (Å²) in [5.41, 5.74) is 0. The molecule has 0 unspecified atom stereocenters. The van der Waals surface area contributed by atoms with Crippen LogP contribution in [0, 0.1) is 0 Å². The van der Waals surface area contributed by atoms with Crippen LogP contribution in [0.5, 0.6) is 0 Å². The smallest absolute Gasteiger partial charge is 0 e. The van der Waals surface area contributed by atoms with Crippen LogP contribution in [-0.2, 0) is 34.1 Å². The molecule has 4 heteroatoms. The summed E-state index contributed by atoms with van der Waals surface area (Å²) in [5, 5.41) is 0. The largest absolute Gasteiger partial charge is 0.0149 e. The predicted octanol–water partition coefficient (Wildman–Crippen LogP) is -1.84. The molecule has 0 nitrogen and oxygen atoms in total. The Hall–Kier alpha value is 1.32. The topological polar surface area (TPSA) is 0 Å². The first-order chi connectivity index (χ1) is 0. The Morgan fingerprint density at radius 3 is 1.00 bits per heavy atom. The number of hydrogen-bond acceptors (Lipinski definition) is 0. The molecular weight excluding hydrogens is 150 g/mol. The maximum atomic E-state index is 0. The molecule has 0 heterocycles. The Morgan fingerprint density at radius 2 is 1.00 bits per heavy atom. The number of rotatable bonds is 0. The second kappa shape index (κ2) is 27.3. The van der Waals surface area contributed by atoms with Gasteiger partial charge < -0.3 is 0 Å². The third-order valence-electron chi connectivity index (χ3n) is 0. The van der Waals surface area contributed by atoms with Gasteiger partial charge in [-0.15, -0.1) is 0 Å². The van der Waals surface area contributed by atoms with Crippen molar-refractivity contribution in [2.24, 2.45) is 0 Å². The van der Waals surface area contributed by atoms with Crippen LogP contribution in [0.25, 0.3) is 0 Å². The zero-order chi connectivity index (χ0) is 0. The van der Waals surface area contributed by atoms with E-state index < -0.39 is 0 Å². The van der Waals surface area contributed by atoms with Crippen LogP contribution in [0.1, 0.15) is 0 Å². The quantitative estimate of drug-likeness (QED) is 0.359. The Balaban J connectivity index is 0. The second-order valence-corrected chi connectivity index (χ2v) is 0. The van der Waals surface area contributed by atoms with E-state index in [0.29, 0.717) is 0 Å². The zero-order valence-electron chi connectivity index (χ0n) is 1.32. The van der Waals surface area contributed by atoms with Gasteiger partial charge in [0.25, 0.3) is 0 Å². The molecule has 0 spiro atoms. The van der Waals surface area contributed by atoms with Crippen molar-refractivity contribution in [1.29, 1.82) is 0 Å². The standard InChI is InChI=1S/B.Co.Cr.H4Si/h;;;1H4. The van der Waals surface area contributed by atoms with Crippen LogP contribution in [-0.4, -0.2) is 19.4 Å². The van der Waals surface area contributed by atoms with Crippen molar-refractivity contribution < 1.29 is 34.1 Å². The van der Waals surface area contributed by atoms with Crippen LogP contribution in [0.3, 0.4) is 0 Å². The van der Waals surface area contributed by atoms with Gasteiger partial charge in [0.15, 0.2) is 0 Å². The molecule has 26 valence electrons. The summed E-state index contributed by atoms with van der Waals surface area (Å²) < 4.78 is 0. The average Bonchev–Trinajstić information content (AvgIpc) is 0. The van der Waals surface area contributed by atoms with Gasteiger partial charge in [-0.25, -0.2) is 0 Å². The second-order valence-electron chi connectivity index (χ2n) is 0. The normalized spacial score (nSPS) is 0. The molecule has 0 saturated heterocycles. The summed E-state index contributed by atoms with van der Waals surface area (Å²) in [5.74, 6) is 0. The molecule has 0 rings (SSSR count). The van der Waals surface area contributed by atoms with Gasteiger partial charge in [-0.3, -0.25) is 0 Å². The van der Waals surface area contributed by atoms with E-state index in [1.165, 1.54) is 0 Å². The molecule has 0 aromatic heterocycles. The maximum absolute atomic E-state index is 0. The maximum Gasteiger partial charge on any atom is 0 e. The molecule has 0 aromatic carbocycles. The molecule has 4 heavy (non-hydrogen) atoms. The number of hydrogen-bond donors (Lipinski definition) is 0. The van der Waals surface area contributed by atoms with Crippen LogP contribution < -0.4 is 0 Å². The monoisotopic (exact) mass is 154 g/mol. The van der Waals surface area contributed by atoms with Gasteiger partial charge in [-0.2, -0.15) is 0 Å². The van der Waals surface area contributed by atoms with E-state index in [9.17, 15) is 0 Å². The van der Waals surface area contributed by atoms with Crippen molar-refractivity contribution in [3.8, 4) is 0 Å². The van der Waals surface area contributed by atoms with Gasteiger partial charge in [0.05, 0.1) is 0 Å². The molecule has 0 aliphatic heterocycles. The van der Waals surface area contributed by atoms with Crippen molar-refractivity contribution in [2.75, 3.05) is 0 Å². The van der Waals surface area contributed by atoms with Gasteiger partial charge in [0.1, 0.15) is 0 Å². The summed E-state index contributed by atoms with van der Waals surface area (Å²) in [4.78, 5) is 0. The van der Waals surface area contributed by atoms with Crippen LogP contribution in [0.15, 0.2) is 0 Å².